The molecular weight excluding hydrogens is 258 g/mol. The molecule has 0 amide bonds. The van der Waals surface area contributed by atoms with Gasteiger partial charge in [-0.25, -0.2) is 0 Å². The average molecular weight is 282 g/mol. The van der Waals surface area contributed by atoms with Crippen molar-refractivity contribution in [3.8, 4) is 0 Å². The smallest absolute Gasteiger partial charge is 0.0634 e. The molecular formula is C15H24ClN3. The van der Waals surface area contributed by atoms with Gasteiger partial charge in [0.2, 0.25) is 0 Å². The number of nitrogens with one attached hydrogen (secondary N) is 1. The number of nitrogens with zero attached hydrogens (tertiary/aromatic N) is 2. The van der Waals surface area contributed by atoms with Crippen LogP contribution in [0.15, 0.2) is 18.5 Å². The second-order valence-electron chi connectivity index (χ2n) is 5.84. The Bertz CT molecular complexity index is 408. The van der Waals surface area contributed by atoms with Crippen molar-refractivity contribution < 1.29 is 0 Å². The van der Waals surface area contributed by atoms with Crippen LogP contribution < -0.4 is 5.32 Å². The normalized spacial score (nSPS) is 25.5. The number of rotatable bonds is 3. The molecule has 0 spiro atoms. The lowest BCUT2D eigenvalue weighted by molar-refractivity contribution is 0.184. The van der Waals surface area contributed by atoms with Gasteiger partial charge in [0.1, 0.15) is 0 Å². The van der Waals surface area contributed by atoms with Crippen molar-refractivity contribution >= 4 is 11.6 Å². The molecule has 1 fully saturated rings. The molecule has 0 saturated carbocycles. The molecule has 19 heavy (non-hydrogen) atoms. The molecule has 1 N–H and O–H groups in total. The van der Waals surface area contributed by atoms with Gasteiger partial charge in [0.15, 0.2) is 0 Å². The van der Waals surface area contributed by atoms with Crippen LogP contribution >= 0.6 is 11.6 Å². The average Bonchev–Trinajstić information content (AvgIpc) is 2.55. The summed E-state index contributed by atoms with van der Waals surface area (Å²) in [7, 11) is 0. The van der Waals surface area contributed by atoms with Gasteiger partial charge in [0.25, 0.3) is 0 Å². The molecule has 0 aliphatic carbocycles. The van der Waals surface area contributed by atoms with Crippen molar-refractivity contribution in [1.82, 2.24) is 15.2 Å². The van der Waals surface area contributed by atoms with Crippen molar-refractivity contribution in [1.29, 1.82) is 0 Å². The van der Waals surface area contributed by atoms with Gasteiger partial charge in [-0.1, -0.05) is 25.4 Å². The van der Waals surface area contributed by atoms with Crippen LogP contribution in [0.25, 0.3) is 0 Å². The molecule has 2 atom stereocenters. The summed E-state index contributed by atoms with van der Waals surface area (Å²) in [5, 5.41) is 4.43. The summed E-state index contributed by atoms with van der Waals surface area (Å²) in [5.41, 5.74) is 1.17. The van der Waals surface area contributed by atoms with Gasteiger partial charge in [-0.3, -0.25) is 9.88 Å². The Hall–Kier alpha value is -0.640. The second-order valence-corrected chi connectivity index (χ2v) is 6.25. The Balaban J connectivity index is 2.09. The summed E-state index contributed by atoms with van der Waals surface area (Å²) in [6, 6.07) is 3.17. The Morgan fingerprint density at radius 2 is 2.32 bits per heavy atom. The van der Waals surface area contributed by atoms with Crippen molar-refractivity contribution in [3.05, 3.63) is 29.0 Å². The van der Waals surface area contributed by atoms with E-state index in [2.05, 4.69) is 36.0 Å². The summed E-state index contributed by atoms with van der Waals surface area (Å²) in [4.78, 5) is 6.59. The second kappa shape index (κ2) is 6.69. The summed E-state index contributed by atoms with van der Waals surface area (Å²) in [6.07, 6.45) is 4.74. The Morgan fingerprint density at radius 3 is 3.00 bits per heavy atom. The largest absolute Gasteiger partial charge is 0.312 e. The minimum Gasteiger partial charge on any atom is -0.312 e. The van der Waals surface area contributed by atoms with Crippen molar-refractivity contribution in [2.75, 3.05) is 13.1 Å². The molecule has 1 aromatic rings. The molecule has 2 rings (SSSR count). The predicted molar refractivity (Wildman–Crippen MR) is 80.4 cm³/mol. The van der Waals surface area contributed by atoms with Gasteiger partial charge in [0, 0.05) is 37.6 Å². The van der Waals surface area contributed by atoms with E-state index in [-0.39, 0.29) is 0 Å². The van der Waals surface area contributed by atoms with Gasteiger partial charge >= 0.3 is 0 Å². The molecule has 0 radical (unpaired) electrons. The summed E-state index contributed by atoms with van der Waals surface area (Å²) in [5.74, 6) is 0.653. The minimum atomic E-state index is 0.561. The Morgan fingerprint density at radius 1 is 1.53 bits per heavy atom. The van der Waals surface area contributed by atoms with E-state index in [0.29, 0.717) is 18.0 Å². The van der Waals surface area contributed by atoms with Crippen LogP contribution in [-0.2, 0) is 6.54 Å². The Kier molecular flexibility index (Phi) is 5.20. The van der Waals surface area contributed by atoms with Crippen LogP contribution in [0, 0.1) is 5.92 Å². The van der Waals surface area contributed by atoms with Gasteiger partial charge in [-0.2, -0.15) is 0 Å². The molecule has 1 aliphatic rings. The molecule has 2 unspecified atom stereocenters. The predicted octanol–water partition coefficient (Wildman–Crippen LogP) is 2.94. The molecule has 3 nitrogen and oxygen atoms in total. The molecule has 0 bridgehead atoms. The Labute approximate surface area is 121 Å². The highest BCUT2D eigenvalue weighted by Gasteiger charge is 2.24. The summed E-state index contributed by atoms with van der Waals surface area (Å²) in [6.45, 7) is 9.96. The van der Waals surface area contributed by atoms with E-state index in [1.807, 2.05) is 12.3 Å². The van der Waals surface area contributed by atoms with E-state index in [9.17, 15) is 0 Å². The molecule has 106 valence electrons. The molecule has 4 heteroatoms. The van der Waals surface area contributed by atoms with Crippen molar-refractivity contribution in [2.24, 2.45) is 5.92 Å². The van der Waals surface area contributed by atoms with Gasteiger partial charge in [-0.15, -0.1) is 0 Å². The van der Waals surface area contributed by atoms with Crippen molar-refractivity contribution in [3.63, 3.8) is 0 Å². The molecule has 1 saturated heterocycles. The third-order valence-corrected chi connectivity index (χ3v) is 4.40. The highest BCUT2D eigenvalue weighted by atomic mass is 35.5. The lowest BCUT2D eigenvalue weighted by atomic mass is 10.0. The lowest BCUT2D eigenvalue weighted by Gasteiger charge is -2.30. The topological polar surface area (TPSA) is 28.2 Å². The fourth-order valence-corrected chi connectivity index (χ4v) is 2.75. The first-order valence-electron chi connectivity index (χ1n) is 7.13. The zero-order chi connectivity index (χ0) is 13.8. The maximum absolute atomic E-state index is 6.23. The zero-order valence-electron chi connectivity index (χ0n) is 12.1. The van der Waals surface area contributed by atoms with Gasteiger partial charge < -0.3 is 5.32 Å². The highest BCUT2D eigenvalue weighted by Crippen LogP contribution is 2.20. The number of pyridine rings is 1. The third-order valence-electron chi connectivity index (χ3n) is 4.06. The minimum absolute atomic E-state index is 0.561. The fraction of sp³-hybridized carbons (Fsp3) is 0.667. The quantitative estimate of drug-likeness (QED) is 0.923. The van der Waals surface area contributed by atoms with E-state index in [4.69, 9.17) is 11.6 Å². The van der Waals surface area contributed by atoms with E-state index in [1.54, 1.807) is 6.20 Å². The van der Waals surface area contributed by atoms with Crippen LogP contribution in [0.4, 0.5) is 0 Å². The number of hydrogen-bond donors (Lipinski definition) is 1. The monoisotopic (exact) mass is 281 g/mol. The van der Waals surface area contributed by atoms with Crippen LogP contribution in [0.5, 0.6) is 0 Å². The summed E-state index contributed by atoms with van der Waals surface area (Å²) >= 11 is 6.23. The molecule has 1 aliphatic heterocycles. The first kappa shape index (κ1) is 14.8. The highest BCUT2D eigenvalue weighted by molar-refractivity contribution is 6.31. The van der Waals surface area contributed by atoms with Crippen LogP contribution in [0.1, 0.15) is 32.8 Å². The zero-order valence-corrected chi connectivity index (χ0v) is 12.8. The van der Waals surface area contributed by atoms with Crippen LogP contribution in [0.2, 0.25) is 5.02 Å². The standard InChI is InChI=1S/C15H24ClN3/c1-11(2)15-10-19(12(3)4-7-18-15)9-13-5-6-17-8-14(13)16/h5-6,8,11-12,15,18H,4,7,9-10H2,1-3H3. The van der Waals surface area contributed by atoms with E-state index < -0.39 is 0 Å². The summed E-state index contributed by atoms with van der Waals surface area (Å²) < 4.78 is 0. The van der Waals surface area contributed by atoms with Crippen LogP contribution in [-0.4, -0.2) is 35.1 Å². The molecule has 2 heterocycles. The number of aromatic nitrogens is 1. The lowest BCUT2D eigenvalue weighted by Crippen LogP contribution is -2.42. The maximum Gasteiger partial charge on any atom is 0.0634 e. The molecule has 1 aromatic heterocycles. The maximum atomic E-state index is 6.23. The van der Waals surface area contributed by atoms with Crippen molar-refractivity contribution in [2.45, 2.75) is 45.8 Å². The van der Waals surface area contributed by atoms with Gasteiger partial charge in [0.05, 0.1) is 5.02 Å². The fourth-order valence-electron chi connectivity index (χ4n) is 2.58. The number of hydrogen-bond acceptors (Lipinski definition) is 3. The van der Waals surface area contributed by atoms with Crippen LogP contribution in [0.3, 0.4) is 0 Å². The van der Waals surface area contributed by atoms with E-state index in [0.717, 1.165) is 24.7 Å². The SMILES string of the molecule is CC(C)C1CN(Cc2ccncc2Cl)C(C)CCN1. The number of halogens is 1. The first-order chi connectivity index (χ1) is 9.08. The van der Waals surface area contributed by atoms with E-state index in [1.165, 1.54) is 12.0 Å². The first-order valence-corrected chi connectivity index (χ1v) is 7.51. The third kappa shape index (κ3) is 3.91. The van der Waals surface area contributed by atoms with E-state index >= 15 is 0 Å². The molecule has 0 aromatic carbocycles. The van der Waals surface area contributed by atoms with Gasteiger partial charge in [-0.05, 0) is 37.4 Å².